The highest BCUT2D eigenvalue weighted by Gasteiger charge is 2.46. The average Bonchev–Trinajstić information content (AvgIpc) is 2.34. The Morgan fingerprint density at radius 1 is 1.25 bits per heavy atom. The molecule has 1 saturated carbocycles. The molecular weight excluding hydrogens is 100 g/mol. The SMILES string of the molecule is NN1CCC2(CC2)C1. The lowest BCUT2D eigenvalue weighted by atomic mass is 10.1. The summed E-state index contributed by atoms with van der Waals surface area (Å²) in [5, 5.41) is 1.95. The van der Waals surface area contributed by atoms with Crippen LogP contribution in [0.3, 0.4) is 0 Å². The lowest BCUT2D eigenvalue weighted by molar-refractivity contribution is 0.333. The summed E-state index contributed by atoms with van der Waals surface area (Å²) in [6.45, 7) is 2.28. The lowest BCUT2D eigenvalue weighted by Crippen LogP contribution is -2.28. The van der Waals surface area contributed by atoms with Crippen LogP contribution in [-0.4, -0.2) is 18.1 Å². The van der Waals surface area contributed by atoms with E-state index in [1.807, 2.05) is 5.01 Å². The molecule has 2 heteroatoms. The number of hydrogen-bond acceptors (Lipinski definition) is 2. The Balaban J connectivity index is 2.03. The van der Waals surface area contributed by atoms with Gasteiger partial charge in [0, 0.05) is 13.1 Å². The quantitative estimate of drug-likeness (QED) is 0.458. The maximum atomic E-state index is 5.58. The lowest BCUT2D eigenvalue weighted by Gasteiger charge is -2.05. The Morgan fingerprint density at radius 3 is 2.25 bits per heavy atom. The van der Waals surface area contributed by atoms with E-state index in [1.165, 1.54) is 19.3 Å². The third-order valence-corrected chi connectivity index (χ3v) is 2.42. The molecule has 0 radical (unpaired) electrons. The minimum atomic E-state index is 0.717. The molecule has 8 heavy (non-hydrogen) atoms. The fraction of sp³-hybridized carbons (Fsp3) is 1.00. The molecule has 1 saturated heterocycles. The largest absolute Gasteiger partial charge is 0.269 e. The molecule has 46 valence electrons. The first-order chi connectivity index (χ1) is 3.81. The van der Waals surface area contributed by atoms with Gasteiger partial charge in [-0.3, -0.25) is 5.84 Å². The molecule has 2 fully saturated rings. The van der Waals surface area contributed by atoms with Crippen LogP contribution in [0.25, 0.3) is 0 Å². The topological polar surface area (TPSA) is 29.3 Å². The molecule has 0 amide bonds. The zero-order valence-electron chi connectivity index (χ0n) is 5.06. The second-order valence-corrected chi connectivity index (χ2v) is 3.22. The molecule has 0 atom stereocenters. The van der Waals surface area contributed by atoms with E-state index in [0.29, 0.717) is 0 Å². The summed E-state index contributed by atoms with van der Waals surface area (Å²) in [7, 11) is 0. The molecule has 0 aromatic heterocycles. The molecule has 2 nitrogen and oxygen atoms in total. The van der Waals surface area contributed by atoms with Crippen molar-refractivity contribution < 1.29 is 0 Å². The summed E-state index contributed by atoms with van der Waals surface area (Å²) < 4.78 is 0. The van der Waals surface area contributed by atoms with Crippen LogP contribution in [0.1, 0.15) is 19.3 Å². The predicted molar refractivity (Wildman–Crippen MR) is 32.0 cm³/mol. The van der Waals surface area contributed by atoms with Crippen LogP contribution in [-0.2, 0) is 0 Å². The third-order valence-electron chi connectivity index (χ3n) is 2.42. The standard InChI is InChI=1S/C6H12N2/c7-8-4-3-6(5-8)1-2-6/h1-5,7H2. The van der Waals surface area contributed by atoms with E-state index >= 15 is 0 Å². The first kappa shape index (κ1) is 4.77. The second-order valence-electron chi connectivity index (χ2n) is 3.22. The van der Waals surface area contributed by atoms with Gasteiger partial charge in [-0.15, -0.1) is 0 Å². The molecule has 2 aliphatic rings. The maximum absolute atomic E-state index is 5.58. The number of hydrazine groups is 1. The smallest absolute Gasteiger partial charge is 0.0185 e. The monoisotopic (exact) mass is 112 g/mol. The second kappa shape index (κ2) is 1.25. The van der Waals surface area contributed by atoms with Gasteiger partial charge in [0.2, 0.25) is 0 Å². The van der Waals surface area contributed by atoms with Gasteiger partial charge in [0.05, 0.1) is 0 Å². The van der Waals surface area contributed by atoms with Crippen LogP contribution in [0.15, 0.2) is 0 Å². The Morgan fingerprint density at radius 2 is 2.00 bits per heavy atom. The van der Waals surface area contributed by atoms with Crippen LogP contribution in [0.2, 0.25) is 0 Å². The Hall–Kier alpha value is -0.0800. The summed E-state index contributed by atoms with van der Waals surface area (Å²) in [5.74, 6) is 5.58. The summed E-state index contributed by atoms with van der Waals surface area (Å²) in [6.07, 6.45) is 4.21. The van der Waals surface area contributed by atoms with Crippen molar-refractivity contribution in [3.63, 3.8) is 0 Å². The van der Waals surface area contributed by atoms with Crippen LogP contribution in [0.4, 0.5) is 0 Å². The van der Waals surface area contributed by atoms with E-state index in [4.69, 9.17) is 5.84 Å². The first-order valence-corrected chi connectivity index (χ1v) is 3.30. The van der Waals surface area contributed by atoms with Gasteiger partial charge >= 0.3 is 0 Å². The molecule has 0 bridgehead atoms. The van der Waals surface area contributed by atoms with Crippen LogP contribution in [0, 0.1) is 5.41 Å². The third kappa shape index (κ3) is 0.565. The van der Waals surface area contributed by atoms with E-state index in [1.54, 1.807) is 0 Å². The van der Waals surface area contributed by atoms with Gasteiger partial charge in [-0.1, -0.05) is 0 Å². The van der Waals surface area contributed by atoms with Gasteiger partial charge in [-0.2, -0.15) is 0 Å². The zero-order chi connectivity index (χ0) is 5.61. The molecule has 1 spiro atoms. The predicted octanol–water partition coefficient (Wildman–Crippen LogP) is 0.346. The average molecular weight is 112 g/mol. The number of nitrogens with two attached hydrogens (primary N) is 1. The molecule has 1 aliphatic carbocycles. The highest BCUT2D eigenvalue weighted by atomic mass is 15.4. The Kier molecular flexibility index (Phi) is 0.746. The first-order valence-electron chi connectivity index (χ1n) is 3.30. The van der Waals surface area contributed by atoms with E-state index in [9.17, 15) is 0 Å². The van der Waals surface area contributed by atoms with E-state index < -0.39 is 0 Å². The summed E-state index contributed by atoms with van der Waals surface area (Å²) in [4.78, 5) is 0. The van der Waals surface area contributed by atoms with Gasteiger partial charge in [0.25, 0.3) is 0 Å². The molecular formula is C6H12N2. The highest BCUT2D eigenvalue weighted by molar-refractivity contribution is 4.98. The van der Waals surface area contributed by atoms with Crippen LogP contribution < -0.4 is 5.84 Å². The molecule has 1 aliphatic heterocycles. The van der Waals surface area contributed by atoms with Crippen molar-refractivity contribution in [3.8, 4) is 0 Å². The fourth-order valence-corrected chi connectivity index (χ4v) is 1.55. The van der Waals surface area contributed by atoms with E-state index in [2.05, 4.69) is 0 Å². The molecule has 2 rings (SSSR count). The normalized spacial score (nSPS) is 34.1. The van der Waals surface area contributed by atoms with E-state index in [0.717, 1.165) is 18.5 Å². The Bertz CT molecular complexity index is 107. The van der Waals surface area contributed by atoms with Gasteiger partial charge in [-0.05, 0) is 24.7 Å². The number of hydrogen-bond donors (Lipinski definition) is 1. The highest BCUT2D eigenvalue weighted by Crippen LogP contribution is 2.51. The summed E-state index contributed by atoms with van der Waals surface area (Å²) in [6, 6.07) is 0. The molecule has 0 aromatic carbocycles. The summed E-state index contributed by atoms with van der Waals surface area (Å²) >= 11 is 0. The van der Waals surface area contributed by atoms with Crippen molar-refractivity contribution in [1.82, 2.24) is 5.01 Å². The molecule has 0 unspecified atom stereocenters. The fourth-order valence-electron chi connectivity index (χ4n) is 1.55. The van der Waals surface area contributed by atoms with E-state index in [-0.39, 0.29) is 0 Å². The number of rotatable bonds is 0. The zero-order valence-corrected chi connectivity index (χ0v) is 5.06. The van der Waals surface area contributed by atoms with Gasteiger partial charge in [0.15, 0.2) is 0 Å². The molecule has 0 aromatic rings. The van der Waals surface area contributed by atoms with Crippen LogP contribution in [0.5, 0.6) is 0 Å². The summed E-state index contributed by atoms with van der Waals surface area (Å²) in [5.41, 5.74) is 0.717. The minimum absolute atomic E-state index is 0.717. The van der Waals surface area contributed by atoms with Crippen molar-refractivity contribution in [2.24, 2.45) is 11.3 Å². The van der Waals surface area contributed by atoms with Gasteiger partial charge in [-0.25, -0.2) is 5.01 Å². The van der Waals surface area contributed by atoms with Crippen molar-refractivity contribution in [3.05, 3.63) is 0 Å². The maximum Gasteiger partial charge on any atom is 0.0185 e. The number of nitrogens with zero attached hydrogens (tertiary/aromatic N) is 1. The molecule has 2 N–H and O–H groups in total. The van der Waals surface area contributed by atoms with Gasteiger partial charge < -0.3 is 0 Å². The minimum Gasteiger partial charge on any atom is -0.269 e. The van der Waals surface area contributed by atoms with Crippen LogP contribution >= 0.6 is 0 Å². The molecule has 1 heterocycles. The van der Waals surface area contributed by atoms with Crippen molar-refractivity contribution in [2.75, 3.05) is 13.1 Å². The van der Waals surface area contributed by atoms with Crippen molar-refractivity contribution in [2.45, 2.75) is 19.3 Å². The van der Waals surface area contributed by atoms with Crippen molar-refractivity contribution in [1.29, 1.82) is 0 Å². The van der Waals surface area contributed by atoms with Crippen molar-refractivity contribution >= 4 is 0 Å². The van der Waals surface area contributed by atoms with Gasteiger partial charge in [0.1, 0.15) is 0 Å². The Labute approximate surface area is 49.6 Å².